The molecular weight excluding hydrogens is 344 g/mol. The fourth-order valence-electron chi connectivity index (χ4n) is 3.10. The summed E-state index contributed by atoms with van der Waals surface area (Å²) in [5, 5.41) is 0.762. The Bertz CT molecular complexity index is 932. The van der Waals surface area contributed by atoms with Gasteiger partial charge < -0.3 is 14.2 Å². The summed E-state index contributed by atoms with van der Waals surface area (Å²) in [6, 6.07) is 7.08. The van der Waals surface area contributed by atoms with E-state index in [2.05, 4.69) is 0 Å². The van der Waals surface area contributed by atoms with Crippen molar-refractivity contribution in [1.82, 2.24) is 9.47 Å². The van der Waals surface area contributed by atoms with Crippen molar-refractivity contribution >= 4 is 32.6 Å². The van der Waals surface area contributed by atoms with Gasteiger partial charge in [0, 0.05) is 37.2 Å². The molecule has 134 valence electrons. The van der Waals surface area contributed by atoms with Crippen molar-refractivity contribution in [3.8, 4) is 0 Å². The number of sulfone groups is 1. The number of benzene rings is 1. The third-order valence-electron chi connectivity index (χ3n) is 4.59. The molecule has 0 N–H and O–H groups in total. The molecule has 0 aliphatic carbocycles. The summed E-state index contributed by atoms with van der Waals surface area (Å²) in [6.45, 7) is -0.408. The first kappa shape index (κ1) is 17.5. The largest absolute Gasteiger partial charge is 0.452 e. The standard InChI is InChI=1S/C17H20N2O5S/c1-18-9-14(13-5-3-4-6-15(13)18)17(21)24-10-16(20)19(2)12-7-8-25(22,23)11-12/h3-6,9,12H,7-8,10-11H2,1-2H3. The minimum Gasteiger partial charge on any atom is -0.452 e. The van der Waals surface area contributed by atoms with Gasteiger partial charge >= 0.3 is 5.97 Å². The number of aromatic nitrogens is 1. The number of amides is 1. The molecule has 8 heteroatoms. The number of hydrogen-bond donors (Lipinski definition) is 0. The van der Waals surface area contributed by atoms with Crippen LogP contribution >= 0.6 is 0 Å². The van der Waals surface area contributed by atoms with E-state index >= 15 is 0 Å². The summed E-state index contributed by atoms with van der Waals surface area (Å²) in [6.07, 6.45) is 2.09. The predicted octanol–water partition coefficient (Wildman–Crippen LogP) is 0.981. The van der Waals surface area contributed by atoms with E-state index in [4.69, 9.17) is 4.74 Å². The first-order chi connectivity index (χ1) is 11.8. The summed E-state index contributed by atoms with van der Waals surface area (Å²) >= 11 is 0. The van der Waals surface area contributed by atoms with Gasteiger partial charge in [0.05, 0.1) is 17.1 Å². The molecule has 0 bridgehead atoms. The Hall–Kier alpha value is -2.35. The van der Waals surface area contributed by atoms with Gasteiger partial charge in [0.25, 0.3) is 5.91 Å². The molecule has 3 rings (SSSR count). The number of nitrogens with zero attached hydrogens (tertiary/aromatic N) is 2. The van der Waals surface area contributed by atoms with Gasteiger partial charge in [-0.05, 0) is 12.5 Å². The van der Waals surface area contributed by atoms with Gasteiger partial charge in [-0.1, -0.05) is 18.2 Å². The quantitative estimate of drug-likeness (QED) is 0.755. The number of carbonyl (C=O) groups is 2. The Morgan fingerprint density at radius 1 is 1.32 bits per heavy atom. The minimum absolute atomic E-state index is 0.0352. The molecule has 1 fully saturated rings. The summed E-state index contributed by atoms with van der Waals surface area (Å²) in [7, 11) is 0.299. The molecule has 7 nitrogen and oxygen atoms in total. The average molecular weight is 364 g/mol. The van der Waals surface area contributed by atoms with Crippen LogP contribution in [0.4, 0.5) is 0 Å². The van der Waals surface area contributed by atoms with Gasteiger partial charge in [0.15, 0.2) is 16.4 Å². The van der Waals surface area contributed by atoms with Crippen molar-refractivity contribution in [1.29, 1.82) is 0 Å². The second kappa shape index (κ2) is 6.51. The number of para-hydroxylation sites is 1. The minimum atomic E-state index is -3.07. The van der Waals surface area contributed by atoms with Crippen LogP contribution in [0.15, 0.2) is 30.5 Å². The van der Waals surface area contributed by atoms with E-state index in [1.54, 1.807) is 13.2 Å². The van der Waals surface area contributed by atoms with Crippen LogP contribution in [0.3, 0.4) is 0 Å². The maximum Gasteiger partial charge on any atom is 0.340 e. The SMILES string of the molecule is CN(C(=O)COC(=O)c1cn(C)c2ccccc12)C1CCS(=O)(=O)C1. The molecule has 1 aromatic heterocycles. The molecule has 1 aromatic carbocycles. The van der Waals surface area contributed by atoms with E-state index in [0.29, 0.717) is 12.0 Å². The van der Waals surface area contributed by atoms with E-state index in [9.17, 15) is 18.0 Å². The van der Waals surface area contributed by atoms with Crippen LogP contribution < -0.4 is 0 Å². The number of aryl methyl sites for hydroxylation is 1. The molecular formula is C17H20N2O5S. The normalized spacial score (nSPS) is 19.0. The van der Waals surface area contributed by atoms with E-state index in [0.717, 1.165) is 10.9 Å². The van der Waals surface area contributed by atoms with Crippen LogP contribution in [0.1, 0.15) is 16.8 Å². The highest BCUT2D eigenvalue weighted by molar-refractivity contribution is 7.91. The number of ether oxygens (including phenoxy) is 1. The molecule has 1 amide bonds. The summed E-state index contributed by atoms with van der Waals surface area (Å²) < 4.78 is 30.0. The lowest BCUT2D eigenvalue weighted by molar-refractivity contribution is -0.134. The summed E-state index contributed by atoms with van der Waals surface area (Å²) in [5.74, 6) is -0.925. The first-order valence-corrected chi connectivity index (χ1v) is 9.78. The maximum absolute atomic E-state index is 12.3. The molecule has 1 aliphatic rings. The molecule has 1 aliphatic heterocycles. The van der Waals surface area contributed by atoms with E-state index in [-0.39, 0.29) is 17.5 Å². The lowest BCUT2D eigenvalue weighted by Crippen LogP contribution is -2.40. The second-order valence-corrected chi connectivity index (χ2v) is 8.54. The van der Waals surface area contributed by atoms with Gasteiger partial charge in [0.1, 0.15) is 0 Å². The van der Waals surface area contributed by atoms with Gasteiger partial charge in [0.2, 0.25) is 0 Å². The zero-order valence-electron chi connectivity index (χ0n) is 14.1. The second-order valence-electron chi connectivity index (χ2n) is 6.31. The monoisotopic (exact) mass is 364 g/mol. The fraction of sp³-hybridized carbons (Fsp3) is 0.412. The third-order valence-corrected chi connectivity index (χ3v) is 6.34. The van der Waals surface area contributed by atoms with Gasteiger partial charge in [-0.15, -0.1) is 0 Å². The van der Waals surface area contributed by atoms with Crippen molar-refractivity contribution in [2.24, 2.45) is 7.05 Å². The zero-order chi connectivity index (χ0) is 18.2. The van der Waals surface area contributed by atoms with Crippen molar-refractivity contribution in [2.45, 2.75) is 12.5 Å². The van der Waals surface area contributed by atoms with Crippen LogP contribution in [-0.2, 0) is 26.4 Å². The maximum atomic E-state index is 12.3. The molecule has 25 heavy (non-hydrogen) atoms. The van der Waals surface area contributed by atoms with Crippen LogP contribution in [0.25, 0.3) is 10.9 Å². The molecule has 0 spiro atoms. The lowest BCUT2D eigenvalue weighted by Gasteiger charge is -2.23. The molecule has 0 saturated carbocycles. The van der Waals surface area contributed by atoms with Crippen molar-refractivity contribution in [3.05, 3.63) is 36.0 Å². The highest BCUT2D eigenvalue weighted by Crippen LogP contribution is 2.21. The summed E-state index contributed by atoms with van der Waals surface area (Å²) in [4.78, 5) is 25.9. The zero-order valence-corrected chi connectivity index (χ0v) is 15.0. The molecule has 0 radical (unpaired) electrons. The molecule has 2 heterocycles. The third kappa shape index (κ3) is 3.53. The number of fused-ring (bicyclic) bond motifs is 1. The van der Waals surface area contributed by atoms with Gasteiger partial charge in [-0.25, -0.2) is 13.2 Å². The van der Waals surface area contributed by atoms with Crippen molar-refractivity contribution < 1.29 is 22.7 Å². The Morgan fingerprint density at radius 2 is 2.04 bits per heavy atom. The van der Waals surface area contributed by atoms with E-state index in [1.165, 1.54) is 4.90 Å². The topological polar surface area (TPSA) is 85.7 Å². The summed E-state index contributed by atoms with van der Waals surface area (Å²) in [5.41, 5.74) is 1.30. The molecule has 1 atom stereocenters. The van der Waals surface area contributed by atoms with Crippen LogP contribution in [0.5, 0.6) is 0 Å². The molecule has 2 aromatic rings. The van der Waals surface area contributed by atoms with Crippen LogP contribution in [-0.4, -0.2) is 61.0 Å². The van der Waals surface area contributed by atoms with E-state index in [1.807, 2.05) is 35.9 Å². The van der Waals surface area contributed by atoms with Crippen molar-refractivity contribution in [2.75, 3.05) is 25.2 Å². The van der Waals surface area contributed by atoms with Crippen molar-refractivity contribution in [3.63, 3.8) is 0 Å². The highest BCUT2D eigenvalue weighted by atomic mass is 32.2. The lowest BCUT2D eigenvalue weighted by atomic mass is 10.2. The smallest absolute Gasteiger partial charge is 0.340 e. The first-order valence-electron chi connectivity index (χ1n) is 7.96. The van der Waals surface area contributed by atoms with Gasteiger partial charge in [-0.2, -0.15) is 0 Å². The Morgan fingerprint density at radius 3 is 2.72 bits per heavy atom. The van der Waals surface area contributed by atoms with Gasteiger partial charge in [-0.3, -0.25) is 4.79 Å². The molecule has 1 unspecified atom stereocenters. The Kier molecular flexibility index (Phi) is 4.55. The predicted molar refractivity (Wildman–Crippen MR) is 93.0 cm³/mol. The van der Waals surface area contributed by atoms with E-state index < -0.39 is 28.3 Å². The number of hydrogen-bond acceptors (Lipinski definition) is 5. The number of esters is 1. The highest BCUT2D eigenvalue weighted by Gasteiger charge is 2.33. The number of likely N-dealkylation sites (N-methyl/N-ethyl adjacent to an activating group) is 1. The number of carbonyl (C=O) groups excluding carboxylic acids is 2. The molecule has 1 saturated heterocycles. The van der Waals surface area contributed by atoms with Crippen LogP contribution in [0, 0.1) is 0 Å². The Labute approximate surface area is 146 Å². The average Bonchev–Trinajstić information content (AvgIpc) is 3.12. The number of rotatable bonds is 4. The fourth-order valence-corrected chi connectivity index (χ4v) is 4.87. The van der Waals surface area contributed by atoms with Crippen LogP contribution in [0.2, 0.25) is 0 Å². The Balaban J connectivity index is 1.64.